The molecule has 17 heavy (non-hydrogen) atoms. The van der Waals surface area contributed by atoms with E-state index in [1.807, 2.05) is 0 Å². The molecule has 0 unspecified atom stereocenters. The molecule has 2 rings (SSSR count). The van der Waals surface area contributed by atoms with Crippen molar-refractivity contribution in [3.8, 4) is 0 Å². The Hall–Kier alpha value is -1.24. The van der Waals surface area contributed by atoms with E-state index in [1.54, 1.807) is 17.9 Å². The maximum absolute atomic E-state index is 11.8. The van der Waals surface area contributed by atoms with Crippen molar-refractivity contribution in [2.75, 3.05) is 33.5 Å². The summed E-state index contributed by atoms with van der Waals surface area (Å²) in [6, 6.07) is 0. The van der Waals surface area contributed by atoms with Crippen molar-refractivity contribution in [3.05, 3.63) is 21.9 Å². The summed E-state index contributed by atoms with van der Waals surface area (Å²) in [5.41, 5.74) is 1.02. The van der Waals surface area contributed by atoms with Crippen molar-refractivity contribution in [2.45, 2.75) is 0 Å². The zero-order chi connectivity index (χ0) is 12.3. The van der Waals surface area contributed by atoms with E-state index in [4.69, 9.17) is 9.47 Å². The molecule has 1 aliphatic heterocycles. The summed E-state index contributed by atoms with van der Waals surface area (Å²) in [4.78, 5) is 24.9. The van der Waals surface area contributed by atoms with Crippen LogP contribution < -0.4 is 0 Å². The minimum absolute atomic E-state index is 0.221. The molecule has 1 aromatic heterocycles. The molecular weight excluding hydrogens is 242 g/mol. The molecule has 0 spiro atoms. The number of rotatable bonds is 6. The highest BCUT2D eigenvalue weighted by atomic mass is 32.1. The van der Waals surface area contributed by atoms with Crippen LogP contribution in [0.5, 0.6) is 0 Å². The molecule has 2 heterocycles. The normalized spacial score (nSPS) is 14.5. The highest BCUT2D eigenvalue weighted by Crippen LogP contribution is 2.25. The summed E-state index contributed by atoms with van der Waals surface area (Å²) in [6.45, 7) is 1.61. The molecule has 0 radical (unpaired) electrons. The van der Waals surface area contributed by atoms with Crippen LogP contribution in [0.2, 0.25) is 0 Å². The molecule has 5 nitrogen and oxygen atoms in total. The predicted molar refractivity (Wildman–Crippen MR) is 62.4 cm³/mol. The molecule has 0 bridgehead atoms. The maximum Gasteiger partial charge on any atom is 0.262 e. The molecule has 1 aromatic rings. The van der Waals surface area contributed by atoms with Gasteiger partial charge in [0.05, 0.1) is 37.5 Å². The first-order valence-corrected chi connectivity index (χ1v) is 6.19. The minimum atomic E-state index is -0.221. The van der Waals surface area contributed by atoms with E-state index >= 15 is 0 Å². The van der Waals surface area contributed by atoms with Crippen molar-refractivity contribution in [1.29, 1.82) is 0 Å². The molecule has 6 heteroatoms. The summed E-state index contributed by atoms with van der Waals surface area (Å²) in [5, 5.41) is 3.42. The lowest BCUT2D eigenvalue weighted by molar-refractivity contribution is 0.0459. The molecule has 92 valence electrons. The molecule has 0 saturated carbocycles. The van der Waals surface area contributed by atoms with Crippen molar-refractivity contribution in [2.24, 2.45) is 0 Å². The number of hydrogen-bond acceptors (Lipinski definition) is 5. The van der Waals surface area contributed by atoms with Crippen molar-refractivity contribution < 1.29 is 19.1 Å². The lowest BCUT2D eigenvalue weighted by Crippen LogP contribution is -2.33. The van der Waals surface area contributed by atoms with Crippen LogP contribution in [-0.2, 0) is 9.47 Å². The van der Waals surface area contributed by atoms with E-state index in [-0.39, 0.29) is 11.8 Å². The van der Waals surface area contributed by atoms with E-state index in [9.17, 15) is 9.59 Å². The number of ether oxygens (including phenoxy) is 2. The largest absolute Gasteiger partial charge is 0.382 e. The Morgan fingerprint density at radius 3 is 2.35 bits per heavy atom. The van der Waals surface area contributed by atoms with Gasteiger partial charge in [-0.3, -0.25) is 14.5 Å². The van der Waals surface area contributed by atoms with Gasteiger partial charge < -0.3 is 9.47 Å². The zero-order valence-corrected chi connectivity index (χ0v) is 10.3. The Bertz CT molecular complexity index is 398. The zero-order valence-electron chi connectivity index (χ0n) is 9.47. The topological polar surface area (TPSA) is 55.8 Å². The van der Waals surface area contributed by atoms with Gasteiger partial charge in [0.25, 0.3) is 11.8 Å². The second-order valence-corrected chi connectivity index (χ2v) is 4.31. The highest BCUT2D eigenvalue weighted by Gasteiger charge is 2.35. The van der Waals surface area contributed by atoms with Crippen LogP contribution in [0.25, 0.3) is 0 Å². The average molecular weight is 255 g/mol. The lowest BCUT2D eigenvalue weighted by atomic mass is 10.2. The molecule has 0 fully saturated rings. The molecule has 2 amide bonds. The molecule has 0 atom stereocenters. The fourth-order valence-electron chi connectivity index (χ4n) is 1.61. The first kappa shape index (κ1) is 12.2. The molecule has 0 saturated heterocycles. The number of nitrogens with zero attached hydrogens (tertiary/aromatic N) is 1. The second kappa shape index (κ2) is 5.39. The lowest BCUT2D eigenvalue weighted by Gasteiger charge is -2.13. The monoisotopic (exact) mass is 255 g/mol. The number of imide groups is 1. The van der Waals surface area contributed by atoms with Gasteiger partial charge in [-0.25, -0.2) is 0 Å². The highest BCUT2D eigenvalue weighted by molar-refractivity contribution is 7.08. The molecule has 0 N–H and O–H groups in total. The summed E-state index contributed by atoms with van der Waals surface area (Å²) < 4.78 is 10.1. The fraction of sp³-hybridized carbons (Fsp3) is 0.455. The fourth-order valence-corrected chi connectivity index (χ4v) is 2.41. The van der Waals surface area contributed by atoms with E-state index in [1.165, 1.54) is 16.2 Å². The number of amides is 2. The van der Waals surface area contributed by atoms with Crippen LogP contribution in [0, 0.1) is 0 Å². The van der Waals surface area contributed by atoms with E-state index in [2.05, 4.69) is 0 Å². The van der Waals surface area contributed by atoms with Crippen LogP contribution in [-0.4, -0.2) is 50.2 Å². The maximum atomic E-state index is 11.8. The Morgan fingerprint density at radius 2 is 1.76 bits per heavy atom. The molecule has 1 aliphatic rings. The summed E-state index contributed by atoms with van der Waals surface area (Å²) in [6.07, 6.45) is 0. The van der Waals surface area contributed by atoms with Gasteiger partial charge in [-0.1, -0.05) is 0 Å². The smallest absolute Gasteiger partial charge is 0.262 e. The number of hydrogen-bond donors (Lipinski definition) is 0. The van der Waals surface area contributed by atoms with Gasteiger partial charge in [0.2, 0.25) is 0 Å². The van der Waals surface area contributed by atoms with E-state index in [0.29, 0.717) is 37.5 Å². The van der Waals surface area contributed by atoms with Crippen LogP contribution in [0.4, 0.5) is 0 Å². The van der Waals surface area contributed by atoms with E-state index in [0.717, 1.165) is 0 Å². The van der Waals surface area contributed by atoms with Gasteiger partial charge in [0.1, 0.15) is 0 Å². The number of carbonyl (C=O) groups excluding carboxylic acids is 2. The Kier molecular flexibility index (Phi) is 3.88. The van der Waals surface area contributed by atoms with Gasteiger partial charge in [-0.05, 0) is 0 Å². The number of fused-ring (bicyclic) bond motifs is 1. The minimum Gasteiger partial charge on any atom is -0.382 e. The van der Waals surface area contributed by atoms with Crippen LogP contribution >= 0.6 is 11.3 Å². The van der Waals surface area contributed by atoms with Crippen molar-refractivity contribution in [1.82, 2.24) is 4.90 Å². The third kappa shape index (κ3) is 2.38. The van der Waals surface area contributed by atoms with Crippen molar-refractivity contribution >= 4 is 23.2 Å². The van der Waals surface area contributed by atoms with Crippen LogP contribution in [0.15, 0.2) is 10.8 Å². The van der Waals surface area contributed by atoms with E-state index < -0.39 is 0 Å². The standard InChI is InChI=1S/C11H13NO4S/c1-15-4-5-16-3-2-12-10(13)8-6-17-7-9(8)11(12)14/h6-7H,2-5H2,1H3. The van der Waals surface area contributed by atoms with Gasteiger partial charge in [0.15, 0.2) is 0 Å². The number of carbonyl (C=O) groups is 2. The third-order valence-electron chi connectivity index (χ3n) is 2.50. The number of methoxy groups -OCH3 is 1. The first-order chi connectivity index (χ1) is 8.25. The van der Waals surface area contributed by atoms with Gasteiger partial charge in [-0.15, -0.1) is 0 Å². The quantitative estimate of drug-likeness (QED) is 0.562. The van der Waals surface area contributed by atoms with Crippen molar-refractivity contribution in [3.63, 3.8) is 0 Å². The SMILES string of the molecule is COCCOCCN1C(=O)c2cscc2C1=O. The first-order valence-electron chi connectivity index (χ1n) is 5.24. The average Bonchev–Trinajstić information content (AvgIpc) is 2.88. The molecular formula is C11H13NO4S. The number of thiophene rings is 1. The summed E-state index contributed by atoms with van der Waals surface area (Å²) in [5.74, 6) is -0.441. The second-order valence-electron chi connectivity index (χ2n) is 3.57. The Labute approximate surface area is 103 Å². The van der Waals surface area contributed by atoms with Gasteiger partial charge in [0, 0.05) is 17.9 Å². The molecule has 0 aromatic carbocycles. The Balaban J connectivity index is 1.86. The predicted octanol–water partition coefficient (Wildman–Crippen LogP) is 1.01. The summed E-state index contributed by atoms with van der Waals surface area (Å²) in [7, 11) is 1.59. The van der Waals surface area contributed by atoms with Crippen LogP contribution in [0.1, 0.15) is 20.7 Å². The van der Waals surface area contributed by atoms with Crippen LogP contribution in [0.3, 0.4) is 0 Å². The summed E-state index contributed by atoms with van der Waals surface area (Å²) >= 11 is 1.37. The molecule has 0 aliphatic carbocycles. The third-order valence-corrected chi connectivity index (χ3v) is 3.25. The van der Waals surface area contributed by atoms with Gasteiger partial charge in [-0.2, -0.15) is 11.3 Å². The van der Waals surface area contributed by atoms with Gasteiger partial charge >= 0.3 is 0 Å². The Morgan fingerprint density at radius 1 is 1.12 bits per heavy atom.